The van der Waals surface area contributed by atoms with Crippen LogP contribution < -0.4 is 0 Å². The molecule has 0 spiro atoms. The fourth-order valence-electron chi connectivity index (χ4n) is 1.23. The first-order chi connectivity index (χ1) is 5.92. The molecule has 0 amide bonds. The molecule has 0 aliphatic heterocycles. The van der Waals surface area contributed by atoms with Gasteiger partial charge >= 0.3 is 0 Å². The highest BCUT2D eigenvalue weighted by molar-refractivity contribution is 5.63. The fourth-order valence-corrected chi connectivity index (χ4v) is 1.23. The molecule has 12 heavy (non-hydrogen) atoms. The van der Waals surface area contributed by atoms with Gasteiger partial charge in [-0.2, -0.15) is 10.2 Å². The molecule has 2 heterocycles. The third kappa shape index (κ3) is 1.01. The quantitative estimate of drug-likeness (QED) is 0.700. The molecule has 0 radical (unpaired) electrons. The molecule has 0 aliphatic rings. The SMILES string of the molecule is CCc1[nH]ncc1-c1cn[nH]c1. The van der Waals surface area contributed by atoms with Crippen molar-refractivity contribution in [2.45, 2.75) is 13.3 Å². The van der Waals surface area contributed by atoms with Gasteiger partial charge in [-0.3, -0.25) is 10.2 Å². The second-order valence-electron chi connectivity index (χ2n) is 2.60. The lowest BCUT2D eigenvalue weighted by molar-refractivity contribution is 0.975. The average Bonchev–Trinajstić information content (AvgIpc) is 2.74. The summed E-state index contributed by atoms with van der Waals surface area (Å²) in [5.41, 5.74) is 3.36. The maximum atomic E-state index is 3.98. The second-order valence-corrected chi connectivity index (χ2v) is 2.60. The number of nitrogens with zero attached hydrogens (tertiary/aromatic N) is 2. The number of H-pyrrole nitrogens is 2. The van der Waals surface area contributed by atoms with Crippen LogP contribution in [-0.4, -0.2) is 20.4 Å². The van der Waals surface area contributed by atoms with E-state index in [1.54, 1.807) is 6.20 Å². The minimum atomic E-state index is 0.959. The van der Waals surface area contributed by atoms with Crippen LogP contribution in [0.25, 0.3) is 11.1 Å². The summed E-state index contributed by atoms with van der Waals surface area (Å²) in [6.45, 7) is 2.09. The van der Waals surface area contributed by atoms with Crippen molar-refractivity contribution in [3.8, 4) is 11.1 Å². The largest absolute Gasteiger partial charge is 0.285 e. The molecule has 2 rings (SSSR count). The predicted molar refractivity (Wildman–Crippen MR) is 45.5 cm³/mol. The van der Waals surface area contributed by atoms with Crippen molar-refractivity contribution in [2.75, 3.05) is 0 Å². The lowest BCUT2D eigenvalue weighted by Crippen LogP contribution is -1.82. The van der Waals surface area contributed by atoms with Crippen LogP contribution in [0, 0.1) is 0 Å². The Morgan fingerprint density at radius 3 is 2.92 bits per heavy atom. The van der Waals surface area contributed by atoms with Gasteiger partial charge in [-0.25, -0.2) is 0 Å². The molecule has 0 bridgehead atoms. The number of hydrogen-bond acceptors (Lipinski definition) is 2. The lowest BCUT2D eigenvalue weighted by atomic mass is 10.1. The maximum Gasteiger partial charge on any atom is 0.0569 e. The zero-order valence-electron chi connectivity index (χ0n) is 6.83. The average molecular weight is 162 g/mol. The first-order valence-corrected chi connectivity index (χ1v) is 3.93. The van der Waals surface area contributed by atoms with Crippen molar-refractivity contribution >= 4 is 0 Å². The molecule has 0 saturated heterocycles. The Morgan fingerprint density at radius 1 is 1.33 bits per heavy atom. The van der Waals surface area contributed by atoms with E-state index in [1.807, 2.05) is 12.4 Å². The Labute approximate surface area is 70.0 Å². The zero-order valence-corrected chi connectivity index (χ0v) is 6.83. The molecule has 2 aromatic heterocycles. The number of nitrogens with one attached hydrogen (secondary N) is 2. The number of aryl methyl sites for hydroxylation is 1. The van der Waals surface area contributed by atoms with Crippen LogP contribution >= 0.6 is 0 Å². The Kier molecular flexibility index (Phi) is 1.66. The van der Waals surface area contributed by atoms with Crippen LogP contribution in [-0.2, 0) is 6.42 Å². The zero-order chi connectivity index (χ0) is 8.39. The van der Waals surface area contributed by atoms with E-state index in [4.69, 9.17) is 0 Å². The normalized spacial score (nSPS) is 10.4. The number of aromatic amines is 2. The highest BCUT2D eigenvalue weighted by Crippen LogP contribution is 2.20. The standard InChI is InChI=1S/C8H10N4/c1-2-8-7(5-11-12-8)6-3-9-10-4-6/h3-5H,2H2,1H3,(H,9,10)(H,11,12). The van der Waals surface area contributed by atoms with E-state index in [1.165, 1.54) is 0 Å². The van der Waals surface area contributed by atoms with Crippen LogP contribution in [0.5, 0.6) is 0 Å². The molecule has 2 aromatic rings. The highest BCUT2D eigenvalue weighted by atomic mass is 15.1. The van der Waals surface area contributed by atoms with E-state index in [0.717, 1.165) is 23.2 Å². The van der Waals surface area contributed by atoms with E-state index >= 15 is 0 Å². The predicted octanol–water partition coefficient (Wildman–Crippen LogP) is 1.36. The van der Waals surface area contributed by atoms with Gasteiger partial charge in [0.05, 0.1) is 12.4 Å². The Hall–Kier alpha value is -1.58. The van der Waals surface area contributed by atoms with Gasteiger partial charge in [0.15, 0.2) is 0 Å². The Morgan fingerprint density at radius 2 is 2.25 bits per heavy atom. The van der Waals surface area contributed by atoms with E-state index < -0.39 is 0 Å². The van der Waals surface area contributed by atoms with Crippen molar-refractivity contribution in [3.05, 3.63) is 24.3 Å². The fraction of sp³-hybridized carbons (Fsp3) is 0.250. The molecular weight excluding hydrogens is 152 g/mol. The van der Waals surface area contributed by atoms with Gasteiger partial charge in [0, 0.05) is 23.0 Å². The van der Waals surface area contributed by atoms with Crippen molar-refractivity contribution in [1.82, 2.24) is 20.4 Å². The van der Waals surface area contributed by atoms with Gasteiger partial charge in [0.2, 0.25) is 0 Å². The van der Waals surface area contributed by atoms with Gasteiger partial charge in [-0.05, 0) is 6.42 Å². The van der Waals surface area contributed by atoms with E-state index in [-0.39, 0.29) is 0 Å². The van der Waals surface area contributed by atoms with Gasteiger partial charge in [-0.1, -0.05) is 6.92 Å². The monoisotopic (exact) mass is 162 g/mol. The summed E-state index contributed by atoms with van der Waals surface area (Å²) < 4.78 is 0. The van der Waals surface area contributed by atoms with Crippen LogP contribution in [0.2, 0.25) is 0 Å². The third-order valence-electron chi connectivity index (χ3n) is 1.88. The summed E-state index contributed by atoms with van der Waals surface area (Å²) in [6.07, 6.45) is 6.44. The summed E-state index contributed by atoms with van der Waals surface area (Å²) in [5, 5.41) is 13.6. The number of rotatable bonds is 2. The molecule has 0 atom stereocenters. The highest BCUT2D eigenvalue weighted by Gasteiger charge is 2.05. The molecule has 62 valence electrons. The molecule has 0 saturated carbocycles. The Balaban J connectivity index is 2.46. The molecule has 0 unspecified atom stereocenters. The summed E-state index contributed by atoms with van der Waals surface area (Å²) in [5.74, 6) is 0. The molecular formula is C8H10N4. The molecule has 2 N–H and O–H groups in total. The summed E-state index contributed by atoms with van der Waals surface area (Å²) >= 11 is 0. The summed E-state index contributed by atoms with van der Waals surface area (Å²) in [4.78, 5) is 0. The van der Waals surface area contributed by atoms with Crippen LogP contribution in [0.15, 0.2) is 18.6 Å². The summed E-state index contributed by atoms with van der Waals surface area (Å²) in [6, 6.07) is 0. The number of hydrogen-bond donors (Lipinski definition) is 2. The summed E-state index contributed by atoms with van der Waals surface area (Å²) in [7, 11) is 0. The van der Waals surface area contributed by atoms with E-state index in [2.05, 4.69) is 27.3 Å². The molecule has 4 heteroatoms. The van der Waals surface area contributed by atoms with Crippen LogP contribution in [0.4, 0.5) is 0 Å². The minimum Gasteiger partial charge on any atom is -0.285 e. The first-order valence-electron chi connectivity index (χ1n) is 3.93. The number of aromatic nitrogens is 4. The van der Waals surface area contributed by atoms with E-state index in [9.17, 15) is 0 Å². The van der Waals surface area contributed by atoms with E-state index in [0.29, 0.717) is 0 Å². The van der Waals surface area contributed by atoms with Gasteiger partial charge < -0.3 is 0 Å². The van der Waals surface area contributed by atoms with Gasteiger partial charge in [-0.15, -0.1) is 0 Å². The molecule has 0 aliphatic carbocycles. The van der Waals surface area contributed by atoms with Crippen molar-refractivity contribution in [3.63, 3.8) is 0 Å². The minimum absolute atomic E-state index is 0.959. The van der Waals surface area contributed by atoms with Crippen molar-refractivity contribution < 1.29 is 0 Å². The Bertz CT molecular complexity index is 347. The van der Waals surface area contributed by atoms with Gasteiger partial charge in [0.25, 0.3) is 0 Å². The van der Waals surface area contributed by atoms with Gasteiger partial charge in [0.1, 0.15) is 0 Å². The molecule has 0 fully saturated rings. The third-order valence-corrected chi connectivity index (χ3v) is 1.88. The van der Waals surface area contributed by atoms with Crippen LogP contribution in [0.3, 0.4) is 0 Å². The first kappa shape index (κ1) is 7.09. The topological polar surface area (TPSA) is 57.4 Å². The second kappa shape index (κ2) is 2.81. The van der Waals surface area contributed by atoms with Crippen LogP contribution in [0.1, 0.15) is 12.6 Å². The molecule has 0 aromatic carbocycles. The van der Waals surface area contributed by atoms with Crippen molar-refractivity contribution in [1.29, 1.82) is 0 Å². The lowest BCUT2D eigenvalue weighted by Gasteiger charge is -1.94. The van der Waals surface area contributed by atoms with Crippen molar-refractivity contribution in [2.24, 2.45) is 0 Å². The smallest absolute Gasteiger partial charge is 0.0569 e. The maximum absolute atomic E-state index is 3.98. The molecule has 4 nitrogen and oxygen atoms in total.